The maximum absolute atomic E-state index is 10.7. The quantitative estimate of drug-likeness (QED) is 0.555. The van der Waals surface area contributed by atoms with Crippen molar-refractivity contribution in [3.63, 3.8) is 0 Å². The highest BCUT2D eigenvalue weighted by atomic mass is 32.2. The van der Waals surface area contributed by atoms with Gasteiger partial charge in [0, 0.05) is 12.8 Å². The first-order chi connectivity index (χ1) is 15.0. The summed E-state index contributed by atoms with van der Waals surface area (Å²) in [6.45, 7) is 1.41. The molecule has 4 N–H and O–H groups in total. The van der Waals surface area contributed by atoms with Gasteiger partial charge in [0.15, 0.2) is 11.5 Å². The summed E-state index contributed by atoms with van der Waals surface area (Å²) in [6, 6.07) is 9.91. The van der Waals surface area contributed by atoms with Crippen LogP contribution in [0.25, 0.3) is 0 Å². The Morgan fingerprint density at radius 1 is 0.871 bits per heavy atom. The van der Waals surface area contributed by atoms with E-state index in [9.17, 15) is 20.4 Å². The highest BCUT2D eigenvalue weighted by Crippen LogP contribution is 2.45. The molecule has 166 valence electrons. The number of hydrogen-bond donors (Lipinski definition) is 4. The molecule has 0 aliphatic carbocycles. The minimum Gasteiger partial charge on any atom is -0.493 e. The van der Waals surface area contributed by atoms with Crippen molar-refractivity contribution >= 4 is 11.8 Å². The molecule has 2 aromatic rings. The maximum Gasteiger partial charge on any atom is 0.161 e. The molecule has 7 nitrogen and oxygen atoms in total. The highest BCUT2D eigenvalue weighted by Gasteiger charge is 2.44. The molecule has 5 atom stereocenters. The molecule has 8 heteroatoms. The molecular formula is C23H26O7S. The largest absolute Gasteiger partial charge is 0.493 e. The van der Waals surface area contributed by atoms with Crippen molar-refractivity contribution in [2.24, 2.45) is 0 Å². The van der Waals surface area contributed by atoms with Crippen LogP contribution in [0.1, 0.15) is 27.5 Å². The Kier molecular flexibility index (Phi) is 5.75. The van der Waals surface area contributed by atoms with Gasteiger partial charge in [-0.05, 0) is 34.4 Å². The van der Waals surface area contributed by atoms with Crippen molar-refractivity contribution in [1.82, 2.24) is 0 Å². The van der Waals surface area contributed by atoms with Crippen LogP contribution in [0.2, 0.25) is 0 Å². The van der Waals surface area contributed by atoms with Crippen molar-refractivity contribution in [2.75, 3.05) is 26.4 Å². The first-order valence-electron chi connectivity index (χ1n) is 10.5. The zero-order chi connectivity index (χ0) is 21.5. The van der Waals surface area contributed by atoms with Gasteiger partial charge in [-0.25, -0.2) is 0 Å². The molecule has 1 fully saturated rings. The number of thioether (sulfide) groups is 1. The second-order valence-corrected chi connectivity index (χ2v) is 9.56. The molecule has 3 heterocycles. The molecule has 5 unspecified atom stereocenters. The van der Waals surface area contributed by atoms with Crippen LogP contribution in [0.5, 0.6) is 17.2 Å². The molecule has 0 spiro atoms. The van der Waals surface area contributed by atoms with Crippen LogP contribution in [0.4, 0.5) is 0 Å². The van der Waals surface area contributed by atoms with E-state index in [-0.39, 0.29) is 6.61 Å². The average molecular weight is 447 g/mol. The van der Waals surface area contributed by atoms with Crippen LogP contribution >= 0.6 is 11.8 Å². The molecular weight excluding hydrogens is 420 g/mol. The van der Waals surface area contributed by atoms with Crippen LogP contribution < -0.4 is 14.2 Å². The second-order valence-electron chi connectivity index (χ2n) is 8.17. The Morgan fingerprint density at radius 2 is 1.68 bits per heavy atom. The molecule has 0 aromatic heterocycles. The number of benzene rings is 2. The number of fused-ring (bicyclic) bond motifs is 2. The Morgan fingerprint density at radius 3 is 2.48 bits per heavy atom. The summed E-state index contributed by atoms with van der Waals surface area (Å²) < 4.78 is 17.2. The van der Waals surface area contributed by atoms with Gasteiger partial charge in [0.25, 0.3) is 0 Å². The summed E-state index contributed by atoms with van der Waals surface area (Å²) in [5.74, 6) is 2.35. The van der Waals surface area contributed by atoms with Gasteiger partial charge in [0.1, 0.15) is 25.1 Å². The fourth-order valence-corrected chi connectivity index (χ4v) is 5.91. The summed E-state index contributed by atoms with van der Waals surface area (Å²) in [6.07, 6.45) is -2.22. The van der Waals surface area contributed by atoms with Gasteiger partial charge in [0.2, 0.25) is 0 Å². The van der Waals surface area contributed by atoms with E-state index in [0.717, 1.165) is 45.9 Å². The van der Waals surface area contributed by atoms with Gasteiger partial charge < -0.3 is 34.6 Å². The number of ether oxygens (including phenoxy) is 3. The van der Waals surface area contributed by atoms with Crippen molar-refractivity contribution in [1.29, 1.82) is 0 Å². The van der Waals surface area contributed by atoms with E-state index >= 15 is 0 Å². The first kappa shape index (κ1) is 20.9. The summed E-state index contributed by atoms with van der Waals surface area (Å²) in [5.41, 5.74) is 3.98. The summed E-state index contributed by atoms with van der Waals surface area (Å²) in [7, 11) is 0. The van der Waals surface area contributed by atoms with E-state index in [1.54, 1.807) is 0 Å². The average Bonchev–Trinajstić information content (AvgIpc) is 3.27. The Hall–Kier alpha value is -1.97. The zero-order valence-corrected chi connectivity index (χ0v) is 17.8. The lowest BCUT2D eigenvalue weighted by molar-refractivity contribution is -0.0700. The van der Waals surface area contributed by atoms with E-state index in [1.807, 2.05) is 30.3 Å². The van der Waals surface area contributed by atoms with Crippen molar-refractivity contribution in [2.45, 2.75) is 41.7 Å². The predicted octanol–water partition coefficient (Wildman–Crippen LogP) is 1.21. The van der Waals surface area contributed by atoms with Gasteiger partial charge in [-0.3, -0.25) is 0 Å². The molecule has 2 aromatic carbocycles. The van der Waals surface area contributed by atoms with Crippen LogP contribution in [0, 0.1) is 0 Å². The molecule has 3 aliphatic rings. The number of aliphatic hydroxyl groups excluding tert-OH is 4. The molecule has 5 rings (SSSR count). The maximum atomic E-state index is 10.7. The second kappa shape index (κ2) is 8.52. The molecule has 0 bridgehead atoms. The highest BCUT2D eigenvalue weighted by molar-refractivity contribution is 8.00. The lowest BCUT2D eigenvalue weighted by Crippen LogP contribution is -2.51. The van der Waals surface area contributed by atoms with Crippen LogP contribution in [-0.2, 0) is 12.8 Å². The predicted molar refractivity (Wildman–Crippen MR) is 115 cm³/mol. The molecule has 0 saturated carbocycles. The monoisotopic (exact) mass is 446 g/mol. The van der Waals surface area contributed by atoms with Crippen LogP contribution in [0.3, 0.4) is 0 Å². The van der Waals surface area contributed by atoms with Crippen LogP contribution in [0.15, 0.2) is 30.3 Å². The number of hydrogen-bond acceptors (Lipinski definition) is 8. The lowest BCUT2D eigenvalue weighted by atomic mass is 9.92. The Labute approximate surface area is 184 Å². The Balaban J connectivity index is 1.48. The normalized spacial score (nSPS) is 29.4. The molecule has 0 radical (unpaired) electrons. The van der Waals surface area contributed by atoms with Gasteiger partial charge >= 0.3 is 0 Å². The molecule has 1 saturated heterocycles. The number of aliphatic hydroxyl groups is 4. The molecule has 31 heavy (non-hydrogen) atoms. The minimum atomic E-state index is -1.31. The number of rotatable bonds is 4. The molecule has 3 aliphatic heterocycles. The fourth-order valence-electron chi connectivity index (χ4n) is 4.51. The SMILES string of the molecule is OCC1SC(c2cc3c(c(Cc4ccc5c(c4)OCCO5)c2)OCC3)C(O)C(O)C1O. The van der Waals surface area contributed by atoms with Crippen LogP contribution in [-0.4, -0.2) is 70.4 Å². The summed E-state index contributed by atoms with van der Waals surface area (Å²) in [4.78, 5) is 0. The van der Waals surface area contributed by atoms with E-state index in [1.165, 1.54) is 11.8 Å². The smallest absolute Gasteiger partial charge is 0.161 e. The van der Waals surface area contributed by atoms with Crippen molar-refractivity contribution in [3.8, 4) is 17.2 Å². The van der Waals surface area contributed by atoms with Gasteiger partial charge in [-0.2, -0.15) is 0 Å². The first-order valence-corrected chi connectivity index (χ1v) is 11.5. The topological polar surface area (TPSA) is 109 Å². The van der Waals surface area contributed by atoms with E-state index < -0.39 is 28.8 Å². The lowest BCUT2D eigenvalue weighted by Gasteiger charge is -2.39. The van der Waals surface area contributed by atoms with Crippen molar-refractivity contribution < 1.29 is 34.6 Å². The van der Waals surface area contributed by atoms with Gasteiger partial charge in [-0.15, -0.1) is 11.8 Å². The third kappa shape index (κ3) is 3.87. The summed E-state index contributed by atoms with van der Waals surface area (Å²) >= 11 is 1.30. The van der Waals surface area contributed by atoms with Crippen molar-refractivity contribution in [3.05, 3.63) is 52.6 Å². The van der Waals surface area contributed by atoms with Gasteiger partial charge in [-0.1, -0.05) is 18.2 Å². The third-order valence-electron chi connectivity index (χ3n) is 6.10. The molecule has 0 amide bonds. The zero-order valence-electron chi connectivity index (χ0n) is 16.9. The van der Waals surface area contributed by atoms with Gasteiger partial charge in [0.05, 0.1) is 35.9 Å². The Bertz CT molecular complexity index is 963. The third-order valence-corrected chi connectivity index (χ3v) is 7.73. The minimum absolute atomic E-state index is 0.274. The van der Waals surface area contributed by atoms with E-state index in [4.69, 9.17) is 14.2 Å². The summed E-state index contributed by atoms with van der Waals surface area (Å²) in [5, 5.41) is 39.7. The van der Waals surface area contributed by atoms with E-state index in [0.29, 0.717) is 26.2 Å². The van der Waals surface area contributed by atoms with E-state index in [2.05, 4.69) is 0 Å². The standard InChI is InChI=1S/C23H26O7S/c24-11-18-19(25)20(26)21(27)23(31-18)15-9-13-3-4-30-22(13)14(10-15)7-12-1-2-16-17(8-12)29-6-5-28-16/h1-2,8-10,18-21,23-27H,3-7,11H2. The fraction of sp³-hybridized carbons (Fsp3) is 0.478.